The molecule has 60 valence electrons. The summed E-state index contributed by atoms with van der Waals surface area (Å²) in [6.07, 6.45) is 1.16. The van der Waals surface area contributed by atoms with Crippen LogP contribution in [-0.2, 0) is 13.0 Å². The van der Waals surface area contributed by atoms with E-state index in [1.54, 1.807) is 18.4 Å². The SMILES string of the molecule is COc1cc2c(s1)CCNC2. The first-order valence-corrected chi connectivity index (χ1v) is 4.58. The first-order chi connectivity index (χ1) is 5.40. The Balaban J connectivity index is 2.32. The Hall–Kier alpha value is -0.540. The van der Waals surface area contributed by atoms with E-state index in [2.05, 4.69) is 11.4 Å². The highest BCUT2D eigenvalue weighted by Crippen LogP contribution is 2.30. The van der Waals surface area contributed by atoms with Crippen molar-refractivity contribution >= 4 is 11.3 Å². The summed E-state index contributed by atoms with van der Waals surface area (Å²) in [4.78, 5) is 1.49. The Morgan fingerprint density at radius 2 is 2.55 bits per heavy atom. The molecule has 1 aliphatic rings. The van der Waals surface area contributed by atoms with Gasteiger partial charge in [-0.2, -0.15) is 0 Å². The zero-order valence-electron chi connectivity index (χ0n) is 6.52. The fourth-order valence-electron chi connectivity index (χ4n) is 1.33. The van der Waals surface area contributed by atoms with E-state index < -0.39 is 0 Å². The lowest BCUT2D eigenvalue weighted by Gasteiger charge is -2.10. The minimum Gasteiger partial charge on any atom is -0.487 e. The Morgan fingerprint density at radius 1 is 1.64 bits per heavy atom. The average molecular weight is 169 g/mol. The maximum atomic E-state index is 5.16. The molecular weight excluding hydrogens is 158 g/mol. The van der Waals surface area contributed by atoms with Gasteiger partial charge in [0, 0.05) is 18.0 Å². The van der Waals surface area contributed by atoms with Crippen molar-refractivity contribution in [1.29, 1.82) is 0 Å². The van der Waals surface area contributed by atoms with Crippen molar-refractivity contribution in [2.45, 2.75) is 13.0 Å². The van der Waals surface area contributed by atoms with Crippen LogP contribution in [0.1, 0.15) is 10.4 Å². The molecule has 0 bridgehead atoms. The standard InChI is InChI=1S/C8H11NOS/c1-10-8-4-6-5-9-3-2-7(6)11-8/h4,9H,2-3,5H2,1H3. The average Bonchev–Trinajstić information content (AvgIpc) is 2.46. The Kier molecular flexibility index (Phi) is 1.84. The second kappa shape index (κ2) is 2.83. The number of nitrogens with one attached hydrogen (secondary N) is 1. The highest BCUT2D eigenvalue weighted by molar-refractivity contribution is 7.14. The number of hydrogen-bond acceptors (Lipinski definition) is 3. The van der Waals surface area contributed by atoms with Gasteiger partial charge in [0.2, 0.25) is 0 Å². The molecule has 0 spiro atoms. The smallest absolute Gasteiger partial charge is 0.173 e. The highest BCUT2D eigenvalue weighted by Gasteiger charge is 2.12. The van der Waals surface area contributed by atoms with Crippen LogP contribution in [0.2, 0.25) is 0 Å². The zero-order chi connectivity index (χ0) is 7.68. The van der Waals surface area contributed by atoms with E-state index in [1.807, 2.05) is 0 Å². The summed E-state index contributed by atoms with van der Waals surface area (Å²) >= 11 is 1.77. The Labute approximate surface area is 70.2 Å². The van der Waals surface area contributed by atoms with Gasteiger partial charge < -0.3 is 10.1 Å². The molecule has 0 atom stereocenters. The topological polar surface area (TPSA) is 21.3 Å². The number of methoxy groups -OCH3 is 1. The molecule has 3 heteroatoms. The number of thiophene rings is 1. The van der Waals surface area contributed by atoms with Gasteiger partial charge >= 0.3 is 0 Å². The second-order valence-electron chi connectivity index (χ2n) is 2.64. The van der Waals surface area contributed by atoms with Crippen LogP contribution in [0.25, 0.3) is 0 Å². The largest absolute Gasteiger partial charge is 0.487 e. The summed E-state index contributed by atoms with van der Waals surface area (Å²) in [7, 11) is 1.73. The minimum atomic E-state index is 1.01. The molecule has 1 aliphatic heterocycles. The summed E-state index contributed by atoms with van der Waals surface area (Å²) in [5, 5.41) is 4.37. The lowest BCUT2D eigenvalue weighted by molar-refractivity contribution is 0.427. The molecule has 0 aromatic carbocycles. The van der Waals surface area contributed by atoms with Gasteiger partial charge in [-0.3, -0.25) is 0 Å². The molecule has 1 aromatic heterocycles. The molecule has 0 amide bonds. The first-order valence-electron chi connectivity index (χ1n) is 3.76. The molecular formula is C8H11NOS. The molecule has 2 rings (SSSR count). The minimum absolute atomic E-state index is 1.01. The number of fused-ring (bicyclic) bond motifs is 1. The van der Waals surface area contributed by atoms with E-state index >= 15 is 0 Å². The van der Waals surface area contributed by atoms with Gasteiger partial charge in [0.05, 0.1) is 7.11 Å². The highest BCUT2D eigenvalue weighted by atomic mass is 32.1. The van der Waals surface area contributed by atoms with Crippen LogP contribution in [-0.4, -0.2) is 13.7 Å². The van der Waals surface area contributed by atoms with Crippen molar-refractivity contribution in [1.82, 2.24) is 5.32 Å². The summed E-state index contributed by atoms with van der Waals surface area (Å²) in [5.74, 6) is 0. The lowest BCUT2D eigenvalue weighted by atomic mass is 10.1. The molecule has 0 fully saturated rings. The van der Waals surface area contributed by atoms with Crippen LogP contribution in [0.15, 0.2) is 6.07 Å². The van der Waals surface area contributed by atoms with Gasteiger partial charge in [0.1, 0.15) is 0 Å². The zero-order valence-corrected chi connectivity index (χ0v) is 7.33. The molecule has 1 N–H and O–H groups in total. The van der Waals surface area contributed by atoms with Gasteiger partial charge in [-0.1, -0.05) is 0 Å². The number of rotatable bonds is 1. The number of ether oxygens (including phenoxy) is 1. The lowest BCUT2D eigenvalue weighted by Crippen LogP contribution is -2.21. The van der Waals surface area contributed by atoms with E-state index in [0.29, 0.717) is 0 Å². The summed E-state index contributed by atoms with van der Waals surface area (Å²) in [5.41, 5.74) is 1.41. The van der Waals surface area contributed by atoms with Crippen LogP contribution in [0.3, 0.4) is 0 Å². The van der Waals surface area contributed by atoms with Gasteiger partial charge in [-0.05, 0) is 18.1 Å². The van der Waals surface area contributed by atoms with E-state index in [9.17, 15) is 0 Å². The maximum absolute atomic E-state index is 5.16. The third-order valence-corrected chi connectivity index (χ3v) is 3.12. The monoisotopic (exact) mass is 169 g/mol. The van der Waals surface area contributed by atoms with Crippen molar-refractivity contribution in [2.75, 3.05) is 13.7 Å². The number of hydrogen-bond donors (Lipinski definition) is 1. The summed E-state index contributed by atoms with van der Waals surface area (Å²) < 4.78 is 5.16. The van der Waals surface area contributed by atoms with E-state index in [1.165, 1.54) is 10.4 Å². The quantitative estimate of drug-likeness (QED) is 0.686. The molecule has 2 nitrogen and oxygen atoms in total. The Bertz CT molecular complexity index is 233. The third kappa shape index (κ3) is 1.26. The Morgan fingerprint density at radius 3 is 3.27 bits per heavy atom. The molecule has 11 heavy (non-hydrogen) atoms. The van der Waals surface area contributed by atoms with Crippen molar-refractivity contribution in [3.63, 3.8) is 0 Å². The van der Waals surface area contributed by atoms with Gasteiger partial charge in [-0.15, -0.1) is 11.3 Å². The normalized spacial score (nSPS) is 16.1. The van der Waals surface area contributed by atoms with Crippen molar-refractivity contribution in [3.05, 3.63) is 16.5 Å². The van der Waals surface area contributed by atoms with Crippen LogP contribution in [0, 0.1) is 0 Å². The van der Waals surface area contributed by atoms with E-state index in [0.717, 1.165) is 24.6 Å². The predicted octanol–water partition coefficient (Wildman–Crippen LogP) is 1.40. The van der Waals surface area contributed by atoms with Crippen molar-refractivity contribution in [2.24, 2.45) is 0 Å². The predicted molar refractivity (Wildman–Crippen MR) is 46.3 cm³/mol. The molecule has 2 heterocycles. The molecule has 0 aliphatic carbocycles. The fourth-order valence-corrected chi connectivity index (χ4v) is 2.32. The maximum Gasteiger partial charge on any atom is 0.173 e. The van der Waals surface area contributed by atoms with Crippen LogP contribution < -0.4 is 10.1 Å². The van der Waals surface area contributed by atoms with Crippen LogP contribution >= 0.6 is 11.3 Å². The molecule has 0 saturated heterocycles. The fraction of sp³-hybridized carbons (Fsp3) is 0.500. The first kappa shape index (κ1) is 7.13. The summed E-state index contributed by atoms with van der Waals surface area (Å²) in [6, 6.07) is 2.13. The van der Waals surface area contributed by atoms with Gasteiger partial charge in [-0.25, -0.2) is 0 Å². The molecule has 0 unspecified atom stereocenters. The van der Waals surface area contributed by atoms with Gasteiger partial charge in [0.15, 0.2) is 5.06 Å². The van der Waals surface area contributed by atoms with Crippen molar-refractivity contribution in [3.8, 4) is 5.06 Å². The van der Waals surface area contributed by atoms with Crippen LogP contribution in [0.4, 0.5) is 0 Å². The molecule has 0 saturated carbocycles. The second-order valence-corrected chi connectivity index (χ2v) is 3.74. The van der Waals surface area contributed by atoms with Gasteiger partial charge in [0.25, 0.3) is 0 Å². The molecule has 1 aromatic rings. The van der Waals surface area contributed by atoms with E-state index in [4.69, 9.17) is 4.74 Å². The van der Waals surface area contributed by atoms with Crippen LogP contribution in [0.5, 0.6) is 5.06 Å². The van der Waals surface area contributed by atoms with E-state index in [-0.39, 0.29) is 0 Å². The molecule has 0 radical (unpaired) electrons. The summed E-state index contributed by atoms with van der Waals surface area (Å²) in [6.45, 7) is 2.12. The van der Waals surface area contributed by atoms with Crippen molar-refractivity contribution < 1.29 is 4.74 Å². The third-order valence-electron chi connectivity index (χ3n) is 1.92.